The first-order valence-electron chi connectivity index (χ1n) is 6.29. The molecule has 100 valence electrons. The molecule has 3 nitrogen and oxygen atoms in total. The Morgan fingerprint density at radius 2 is 2.05 bits per heavy atom. The Balaban J connectivity index is 1.83. The Labute approximate surface area is 123 Å². The van der Waals surface area contributed by atoms with Crippen LogP contribution in [-0.4, -0.2) is 43.1 Å². The van der Waals surface area contributed by atoms with Gasteiger partial charge in [0.1, 0.15) is 0 Å². The van der Waals surface area contributed by atoms with E-state index in [1.54, 1.807) is 0 Å². The Kier molecular flexibility index (Phi) is 3.42. The topological polar surface area (TPSA) is 37.4 Å². The summed E-state index contributed by atoms with van der Waals surface area (Å²) in [5, 5.41) is -0.117. The zero-order chi connectivity index (χ0) is 13.6. The molecule has 1 aromatic rings. The average molecular weight is 343 g/mol. The minimum absolute atomic E-state index is 0.0118. The maximum atomic E-state index is 12.0. The predicted octanol–water partition coefficient (Wildman–Crippen LogP) is 1.19. The number of carbonyl (C=O) groups is 2. The monoisotopic (exact) mass is 343 g/mol. The first kappa shape index (κ1) is 13.2. The normalized spacial score (nSPS) is 32.9. The summed E-state index contributed by atoms with van der Waals surface area (Å²) in [5.41, 5.74) is 0. The Morgan fingerprint density at radius 1 is 1.37 bits per heavy atom. The van der Waals surface area contributed by atoms with Crippen molar-refractivity contribution in [3.8, 4) is 0 Å². The van der Waals surface area contributed by atoms with Crippen LogP contribution in [0.1, 0.15) is 13.3 Å². The van der Waals surface area contributed by atoms with Crippen molar-refractivity contribution in [2.75, 3.05) is 0 Å². The van der Waals surface area contributed by atoms with Gasteiger partial charge in [0.25, 0.3) is 0 Å². The van der Waals surface area contributed by atoms with E-state index < -0.39 is 0 Å². The summed E-state index contributed by atoms with van der Waals surface area (Å²) < 4.78 is 1.27. The molecular weight excluding hydrogens is 329 g/mol. The molecule has 0 N–H and O–H groups in total. The van der Waals surface area contributed by atoms with Crippen LogP contribution in [-0.2, 0) is 9.59 Å². The molecule has 1 heterocycles. The summed E-state index contributed by atoms with van der Waals surface area (Å²) in [6.07, 6.45) is 0.742. The van der Waals surface area contributed by atoms with Gasteiger partial charge in [0.05, 0.1) is 0 Å². The molecule has 1 saturated heterocycles. The van der Waals surface area contributed by atoms with Crippen molar-refractivity contribution in [2.45, 2.75) is 29.6 Å². The second-order valence-electron chi connectivity index (χ2n) is 4.98. The number of hydrogen-bond donors (Lipinski definition) is 0. The third kappa shape index (κ3) is 2.12. The van der Waals surface area contributed by atoms with E-state index in [-0.39, 0.29) is 48.9 Å². The predicted molar refractivity (Wildman–Crippen MR) is 74.6 cm³/mol. The van der Waals surface area contributed by atoms with Crippen molar-refractivity contribution in [3.63, 3.8) is 0 Å². The number of carbonyl (C=O) groups excluding carboxylic acids is 2. The third-order valence-electron chi connectivity index (χ3n) is 3.81. The average Bonchev–Trinajstić information content (AvgIpc) is 2.87. The van der Waals surface area contributed by atoms with Gasteiger partial charge in [-0.25, -0.2) is 0 Å². The number of nitrogens with zero attached hydrogens (tertiary/aromatic N) is 1. The van der Waals surface area contributed by atoms with Gasteiger partial charge in [0.15, 0.2) is 0 Å². The van der Waals surface area contributed by atoms with Crippen LogP contribution in [0.2, 0.25) is 4.82 Å². The molecule has 2 bridgehead atoms. The van der Waals surface area contributed by atoms with Crippen molar-refractivity contribution in [1.82, 2.24) is 4.90 Å². The van der Waals surface area contributed by atoms with Gasteiger partial charge in [-0.05, 0) is 0 Å². The van der Waals surface area contributed by atoms with Crippen LogP contribution in [0.15, 0.2) is 30.3 Å². The van der Waals surface area contributed by atoms with E-state index in [1.807, 2.05) is 18.2 Å². The number of rotatable bonds is 2. The van der Waals surface area contributed by atoms with Crippen LogP contribution in [0, 0.1) is 5.92 Å². The Morgan fingerprint density at radius 3 is 2.63 bits per heavy atom. The maximum absolute atomic E-state index is 12.0. The number of alkyl halides is 1. The van der Waals surface area contributed by atoms with Crippen molar-refractivity contribution in [2.24, 2.45) is 5.92 Å². The molecule has 19 heavy (non-hydrogen) atoms. The zero-order valence-corrected chi connectivity index (χ0v) is 12.9. The van der Waals surface area contributed by atoms with Gasteiger partial charge in [0.2, 0.25) is 0 Å². The van der Waals surface area contributed by atoms with E-state index in [1.165, 1.54) is 16.3 Å². The van der Waals surface area contributed by atoms with Crippen LogP contribution < -0.4 is 4.46 Å². The molecule has 2 fully saturated rings. The fraction of sp³-hybridized carbons (Fsp3) is 0.429. The first-order chi connectivity index (χ1) is 9.09. The number of imide groups is 1. The minimum atomic E-state index is -0.161. The molecule has 1 aliphatic heterocycles. The van der Waals surface area contributed by atoms with Crippen LogP contribution in [0.25, 0.3) is 0 Å². The summed E-state index contributed by atoms with van der Waals surface area (Å²) in [6.45, 7) is 1.47. The van der Waals surface area contributed by atoms with Crippen LogP contribution in [0.3, 0.4) is 0 Å². The molecular formula is C14H14ClNO2Se. The summed E-state index contributed by atoms with van der Waals surface area (Å²) in [6, 6.07) is 10.2. The van der Waals surface area contributed by atoms with Gasteiger partial charge >= 0.3 is 123 Å². The molecule has 5 heteroatoms. The Bertz CT molecular complexity index is 521. The van der Waals surface area contributed by atoms with Crippen molar-refractivity contribution >= 4 is 42.8 Å². The molecule has 0 unspecified atom stereocenters. The number of halogens is 1. The number of fused-ring (bicyclic) bond motifs is 2. The van der Waals surface area contributed by atoms with Gasteiger partial charge in [-0.15, -0.1) is 0 Å². The van der Waals surface area contributed by atoms with Crippen molar-refractivity contribution in [3.05, 3.63) is 30.3 Å². The van der Waals surface area contributed by atoms with E-state index in [0.29, 0.717) is 0 Å². The molecule has 1 aromatic carbocycles. The standard InChI is InChI=1S/C14H14ClNO2Se/c1-8(17)16-11-7-10(14(16)18)12(15)13(11)19-9-5-3-2-4-6-9/h2-6,10-13H,7H2,1H3/t10-,11+,12-,13-/m1/s1. The van der Waals surface area contributed by atoms with E-state index in [2.05, 4.69) is 12.1 Å². The zero-order valence-electron chi connectivity index (χ0n) is 10.5. The molecule has 0 aromatic heterocycles. The number of hydrogen-bond acceptors (Lipinski definition) is 2. The van der Waals surface area contributed by atoms with Gasteiger partial charge < -0.3 is 0 Å². The van der Waals surface area contributed by atoms with E-state index >= 15 is 0 Å². The quantitative estimate of drug-likeness (QED) is 0.598. The summed E-state index contributed by atoms with van der Waals surface area (Å²) >= 11 is 6.64. The summed E-state index contributed by atoms with van der Waals surface area (Å²) in [4.78, 5) is 25.3. The first-order valence-corrected chi connectivity index (χ1v) is 8.57. The molecule has 2 aliphatic rings. The third-order valence-corrected chi connectivity index (χ3v) is 7.72. The van der Waals surface area contributed by atoms with Gasteiger partial charge in [-0.1, -0.05) is 0 Å². The molecule has 3 rings (SSSR count). The van der Waals surface area contributed by atoms with E-state index in [4.69, 9.17) is 11.6 Å². The number of piperidine rings is 1. The fourth-order valence-corrected chi connectivity index (χ4v) is 6.44. The SMILES string of the molecule is CC(=O)N1C(=O)[C@@H]2C[C@H]1[C@@H]([Se]c1ccccc1)[C@@H]2Cl. The second-order valence-corrected chi connectivity index (χ2v) is 8.11. The molecule has 0 spiro atoms. The number of benzene rings is 1. The molecule has 2 amide bonds. The summed E-state index contributed by atoms with van der Waals surface area (Å²) in [5.74, 6) is -0.376. The van der Waals surface area contributed by atoms with Crippen molar-refractivity contribution < 1.29 is 9.59 Å². The van der Waals surface area contributed by atoms with Gasteiger partial charge in [-0.3, -0.25) is 0 Å². The molecule has 4 atom stereocenters. The van der Waals surface area contributed by atoms with Crippen LogP contribution in [0.4, 0.5) is 0 Å². The summed E-state index contributed by atoms with van der Waals surface area (Å²) in [7, 11) is 0. The molecule has 1 aliphatic carbocycles. The molecule has 0 radical (unpaired) electrons. The van der Waals surface area contributed by atoms with Gasteiger partial charge in [-0.2, -0.15) is 0 Å². The Hall–Kier alpha value is -0.831. The fourth-order valence-electron chi connectivity index (χ4n) is 2.99. The van der Waals surface area contributed by atoms with E-state index in [9.17, 15) is 9.59 Å². The van der Waals surface area contributed by atoms with Gasteiger partial charge in [0, 0.05) is 0 Å². The molecule has 1 saturated carbocycles. The number of amides is 2. The number of likely N-dealkylation sites (tertiary alicyclic amines) is 1. The van der Waals surface area contributed by atoms with Crippen LogP contribution in [0.5, 0.6) is 0 Å². The van der Waals surface area contributed by atoms with Crippen LogP contribution >= 0.6 is 11.6 Å². The van der Waals surface area contributed by atoms with Crippen molar-refractivity contribution in [1.29, 1.82) is 0 Å². The van der Waals surface area contributed by atoms with E-state index in [0.717, 1.165) is 6.42 Å². The second kappa shape index (κ2) is 4.93.